The maximum Gasteiger partial charge on any atom is -1.00 e. The summed E-state index contributed by atoms with van der Waals surface area (Å²) in [6.45, 7) is 2.26. The van der Waals surface area contributed by atoms with Crippen molar-refractivity contribution in [2.45, 2.75) is 10.2 Å². The average Bonchev–Trinajstić information content (AvgIpc) is 2.77. The summed E-state index contributed by atoms with van der Waals surface area (Å²) in [5.74, 6) is 0. The van der Waals surface area contributed by atoms with Crippen LogP contribution in [0.4, 0.5) is 0 Å². The molecule has 0 aromatic heterocycles. The van der Waals surface area contributed by atoms with E-state index >= 15 is 0 Å². The minimum Gasteiger partial charge on any atom is -1.00 e. The van der Waals surface area contributed by atoms with E-state index in [0.717, 1.165) is 0 Å². The van der Waals surface area contributed by atoms with E-state index in [-0.39, 0.29) is 24.8 Å². The molecule has 0 amide bonds. The standard InChI is InChI=1S/C14H10ClSi.2ClH.Hf/c1-16(15)13-7-6-11-10-5-3-2-4-9(10)8-12(11)14(13)16;;;/h2-8H,1H3;2*1H;/q;;;+2/p-2. The molecule has 0 spiro atoms. The van der Waals surface area contributed by atoms with Gasteiger partial charge in [0.25, 0.3) is 0 Å². The van der Waals surface area contributed by atoms with Crippen molar-refractivity contribution in [3.8, 4) is 11.1 Å². The van der Waals surface area contributed by atoms with Gasteiger partial charge in [0.15, 0.2) is 0 Å². The summed E-state index contributed by atoms with van der Waals surface area (Å²) in [7, 11) is -1.64. The van der Waals surface area contributed by atoms with Crippen LogP contribution < -0.4 is 35.2 Å². The molecule has 0 N–H and O–H groups in total. The summed E-state index contributed by atoms with van der Waals surface area (Å²) < 4.78 is 0.657. The van der Waals surface area contributed by atoms with Gasteiger partial charge in [-0.3, -0.25) is 0 Å². The van der Waals surface area contributed by atoms with E-state index in [4.69, 9.17) is 11.1 Å². The summed E-state index contributed by atoms with van der Waals surface area (Å²) in [6, 6.07) is 13.4. The van der Waals surface area contributed by atoms with E-state index < -0.39 is 7.38 Å². The average molecular weight is 491 g/mol. The van der Waals surface area contributed by atoms with Crippen molar-refractivity contribution in [2.24, 2.45) is 0 Å². The topological polar surface area (TPSA) is 0 Å². The van der Waals surface area contributed by atoms with Gasteiger partial charge in [0.05, 0.1) is 0 Å². The van der Waals surface area contributed by atoms with Crippen LogP contribution in [0.25, 0.3) is 11.1 Å². The van der Waals surface area contributed by atoms with Crippen LogP contribution >= 0.6 is 11.1 Å². The Kier molecular flexibility index (Phi) is 4.15. The van der Waals surface area contributed by atoms with Crippen molar-refractivity contribution >= 4 is 28.8 Å². The first kappa shape index (κ1) is 15.8. The third-order valence-corrected chi connectivity index (χ3v) is 10.00. The second-order valence-corrected chi connectivity index (χ2v) is 12.4. The monoisotopic (exact) mass is 491 g/mol. The van der Waals surface area contributed by atoms with Crippen molar-refractivity contribution in [1.29, 1.82) is 0 Å². The van der Waals surface area contributed by atoms with E-state index in [9.17, 15) is 0 Å². The molecular formula is C14H10Cl3HfSi. The summed E-state index contributed by atoms with van der Waals surface area (Å²) in [6.07, 6.45) is 0. The predicted octanol–water partition coefficient (Wildman–Crippen LogP) is -3.45. The second kappa shape index (κ2) is 4.99. The molecule has 2 aliphatic rings. The quantitative estimate of drug-likeness (QED) is 0.266. The molecule has 1 aliphatic carbocycles. The Bertz CT molecular complexity index is 670. The Morgan fingerprint density at radius 3 is 2.47 bits per heavy atom. The van der Waals surface area contributed by atoms with Crippen molar-refractivity contribution in [3.63, 3.8) is 0 Å². The molecule has 1 heterocycles. The number of hydrogen-bond acceptors (Lipinski definition) is 0. The van der Waals surface area contributed by atoms with Gasteiger partial charge in [-0.2, -0.15) is 0 Å². The molecule has 0 radical (unpaired) electrons. The molecule has 2 atom stereocenters. The molecule has 0 saturated carbocycles. The second-order valence-electron chi connectivity index (χ2n) is 4.97. The van der Waals surface area contributed by atoms with Gasteiger partial charge in [-0.1, -0.05) is 0 Å². The number of halogens is 3. The van der Waals surface area contributed by atoms with Crippen LogP contribution in [0.1, 0.15) is 14.8 Å². The first-order valence-corrected chi connectivity index (χ1v) is 11.4. The molecule has 1 aliphatic heterocycles. The molecule has 2 aromatic rings. The Balaban J connectivity index is 0.000000667. The maximum atomic E-state index is 6.68. The van der Waals surface area contributed by atoms with E-state index in [1.165, 1.54) is 46.3 Å². The molecule has 19 heavy (non-hydrogen) atoms. The zero-order valence-corrected chi connectivity index (χ0v) is 17.0. The summed E-state index contributed by atoms with van der Waals surface area (Å²) in [4.78, 5) is 0. The van der Waals surface area contributed by atoms with Gasteiger partial charge in [-0.25, -0.2) is 0 Å². The van der Waals surface area contributed by atoms with Crippen LogP contribution in [0.2, 0.25) is 6.55 Å². The predicted molar refractivity (Wildman–Crippen MR) is 70.5 cm³/mol. The molecule has 2 aromatic carbocycles. The van der Waals surface area contributed by atoms with E-state index in [1.54, 1.807) is 10.8 Å². The van der Waals surface area contributed by atoms with Crippen molar-refractivity contribution in [3.05, 3.63) is 47.5 Å². The molecule has 95 valence electrons. The Labute approximate surface area is 146 Å². The molecule has 4 rings (SSSR count). The van der Waals surface area contributed by atoms with Gasteiger partial charge < -0.3 is 24.8 Å². The normalized spacial score (nSPS) is 24.5. The van der Waals surface area contributed by atoms with Crippen molar-refractivity contribution in [2.75, 3.05) is 0 Å². The Morgan fingerprint density at radius 2 is 1.74 bits per heavy atom. The zero-order valence-electron chi connectivity index (χ0n) is 10.2. The number of benzene rings is 2. The van der Waals surface area contributed by atoms with Gasteiger partial charge >= 0.3 is 122 Å². The molecule has 5 heteroatoms. The van der Waals surface area contributed by atoms with Crippen LogP contribution in [0.3, 0.4) is 0 Å². The van der Waals surface area contributed by atoms with Crippen LogP contribution in [0.5, 0.6) is 0 Å². The third kappa shape index (κ3) is 1.95. The number of rotatable bonds is 0. The SMILES string of the molecule is C[Si]1(Cl)c2ccc3c(c21)[CH]([Hf+2])c1ccccc1-3.[Cl-].[Cl-]. The first-order chi connectivity index (χ1) is 8.12. The fraction of sp³-hybridized carbons (Fsp3) is 0.143. The van der Waals surface area contributed by atoms with Gasteiger partial charge in [-0.15, -0.1) is 0 Å². The van der Waals surface area contributed by atoms with Gasteiger partial charge in [-0.05, 0) is 0 Å². The Hall–Kier alpha value is 0.397. The van der Waals surface area contributed by atoms with Gasteiger partial charge in [0.1, 0.15) is 0 Å². The van der Waals surface area contributed by atoms with Gasteiger partial charge in [0.2, 0.25) is 0 Å². The van der Waals surface area contributed by atoms with Crippen LogP contribution in [0, 0.1) is 0 Å². The van der Waals surface area contributed by atoms with E-state index in [1.807, 2.05) is 0 Å². The molecule has 0 bridgehead atoms. The van der Waals surface area contributed by atoms with Crippen LogP contribution in [0.15, 0.2) is 36.4 Å². The molecular weight excluding hydrogens is 481 g/mol. The van der Waals surface area contributed by atoms with Crippen LogP contribution in [-0.4, -0.2) is 7.38 Å². The van der Waals surface area contributed by atoms with E-state index in [0.29, 0.717) is 3.67 Å². The smallest absolute Gasteiger partial charge is 1.00 e. The number of hydrogen-bond donors (Lipinski definition) is 0. The summed E-state index contributed by atoms with van der Waals surface area (Å²) in [5.41, 5.74) is 6.00. The fourth-order valence-electron chi connectivity index (χ4n) is 3.09. The minimum atomic E-state index is -1.64. The molecule has 0 nitrogen and oxygen atoms in total. The first-order valence-electron chi connectivity index (χ1n) is 5.79. The maximum absolute atomic E-state index is 6.68. The molecule has 0 saturated heterocycles. The largest absolute Gasteiger partial charge is 1.00 e. The Morgan fingerprint density at radius 1 is 1.05 bits per heavy atom. The van der Waals surface area contributed by atoms with Gasteiger partial charge in [0, 0.05) is 0 Å². The number of fused-ring (bicyclic) bond motifs is 5. The fourth-order valence-corrected chi connectivity index (χ4v) is 9.48. The molecule has 0 fully saturated rings. The summed E-state index contributed by atoms with van der Waals surface area (Å²) >= 11 is 7.86. The van der Waals surface area contributed by atoms with Crippen molar-refractivity contribution < 1.29 is 49.2 Å². The zero-order chi connectivity index (χ0) is 11.8. The molecule has 2 unspecified atom stereocenters. The summed E-state index contributed by atoms with van der Waals surface area (Å²) in [5, 5.41) is 3.03. The van der Waals surface area contributed by atoms with E-state index in [2.05, 4.69) is 42.9 Å². The minimum absolute atomic E-state index is 0. The van der Waals surface area contributed by atoms with Crippen LogP contribution in [-0.2, 0) is 24.4 Å². The van der Waals surface area contributed by atoms with Crippen molar-refractivity contribution in [1.82, 2.24) is 0 Å². The third-order valence-electron chi connectivity index (χ3n) is 4.01.